The SMILES string of the molecule is CC(C)[C@H](NC(=O)OC(C)(C)C)C(=O)N1CCC[C@H](CN(C)c2ncc(B3OC(C)(C)C(C)(C)O3)cn2)C1. The maximum atomic E-state index is 13.4. The average Bonchev–Trinajstić information content (AvgIpc) is 3.02. The Morgan fingerprint density at radius 2 is 1.76 bits per heavy atom. The molecule has 1 aromatic rings. The molecule has 38 heavy (non-hydrogen) atoms. The fraction of sp³-hybridized carbons (Fsp3) is 0.778. The number of nitrogens with zero attached hydrogens (tertiary/aromatic N) is 4. The molecule has 212 valence electrons. The number of ether oxygens (including phenoxy) is 1. The lowest BCUT2D eigenvalue weighted by atomic mass is 9.81. The molecular weight excluding hydrogens is 485 g/mol. The largest absolute Gasteiger partial charge is 0.498 e. The van der Waals surface area contributed by atoms with Gasteiger partial charge in [-0.1, -0.05) is 13.8 Å². The van der Waals surface area contributed by atoms with E-state index in [-0.39, 0.29) is 17.7 Å². The summed E-state index contributed by atoms with van der Waals surface area (Å²) in [6.07, 6.45) is 4.86. The first kappa shape index (κ1) is 30.2. The molecule has 0 bridgehead atoms. The van der Waals surface area contributed by atoms with Crippen molar-refractivity contribution in [2.24, 2.45) is 11.8 Å². The van der Waals surface area contributed by atoms with Gasteiger partial charge in [-0.2, -0.15) is 0 Å². The Bertz CT molecular complexity index is 963. The first-order valence-corrected chi connectivity index (χ1v) is 13.7. The first-order chi connectivity index (χ1) is 17.5. The van der Waals surface area contributed by atoms with Crippen LogP contribution in [0.1, 0.15) is 75.2 Å². The second kappa shape index (κ2) is 11.4. The number of alkyl carbamates (subject to hydrolysis) is 1. The molecule has 3 rings (SSSR count). The molecule has 3 heterocycles. The van der Waals surface area contributed by atoms with Crippen molar-refractivity contribution in [2.45, 2.75) is 98.0 Å². The highest BCUT2D eigenvalue weighted by Crippen LogP contribution is 2.36. The lowest BCUT2D eigenvalue weighted by molar-refractivity contribution is -0.136. The monoisotopic (exact) mass is 531 g/mol. The second-order valence-corrected chi connectivity index (χ2v) is 12.9. The zero-order valence-electron chi connectivity index (χ0n) is 24.8. The Kier molecular flexibility index (Phi) is 9.03. The predicted octanol–water partition coefficient (Wildman–Crippen LogP) is 3.00. The van der Waals surface area contributed by atoms with E-state index in [9.17, 15) is 9.59 Å². The van der Waals surface area contributed by atoms with Crippen molar-refractivity contribution in [3.8, 4) is 0 Å². The van der Waals surface area contributed by atoms with Crippen LogP contribution in [-0.4, -0.2) is 83.5 Å². The topological polar surface area (TPSA) is 106 Å². The summed E-state index contributed by atoms with van der Waals surface area (Å²) in [5, 5.41) is 2.79. The minimum absolute atomic E-state index is 0.0611. The summed E-state index contributed by atoms with van der Waals surface area (Å²) in [7, 11) is 1.46. The third-order valence-electron chi connectivity index (χ3n) is 7.49. The maximum Gasteiger partial charge on any atom is 0.498 e. The summed E-state index contributed by atoms with van der Waals surface area (Å²) in [5.41, 5.74) is -0.685. The van der Waals surface area contributed by atoms with Crippen LogP contribution in [0.4, 0.5) is 10.7 Å². The van der Waals surface area contributed by atoms with Gasteiger partial charge in [0.05, 0.1) is 11.2 Å². The number of likely N-dealkylation sites (tertiary alicyclic amines) is 1. The number of aromatic nitrogens is 2. The van der Waals surface area contributed by atoms with Gasteiger partial charge in [-0.3, -0.25) is 4.79 Å². The van der Waals surface area contributed by atoms with Crippen molar-refractivity contribution in [3.05, 3.63) is 12.4 Å². The van der Waals surface area contributed by atoms with Gasteiger partial charge in [0, 0.05) is 44.5 Å². The second-order valence-electron chi connectivity index (χ2n) is 12.9. The summed E-state index contributed by atoms with van der Waals surface area (Å²) < 4.78 is 17.6. The number of piperidine rings is 1. The highest BCUT2D eigenvalue weighted by Gasteiger charge is 2.52. The number of rotatable bonds is 7. The molecule has 0 radical (unpaired) electrons. The third kappa shape index (κ3) is 7.37. The van der Waals surface area contributed by atoms with Crippen LogP contribution in [0.2, 0.25) is 0 Å². The van der Waals surface area contributed by atoms with Crippen molar-refractivity contribution >= 4 is 30.5 Å². The summed E-state index contributed by atoms with van der Waals surface area (Å²) >= 11 is 0. The molecule has 2 saturated heterocycles. The first-order valence-electron chi connectivity index (χ1n) is 13.7. The smallest absolute Gasteiger partial charge is 0.444 e. The Balaban J connectivity index is 1.58. The molecule has 1 aromatic heterocycles. The molecule has 0 spiro atoms. The van der Waals surface area contributed by atoms with Crippen LogP contribution < -0.4 is 15.7 Å². The van der Waals surface area contributed by atoms with Crippen LogP contribution in [0.25, 0.3) is 0 Å². The summed E-state index contributed by atoms with van der Waals surface area (Å²) in [4.78, 5) is 38.8. The third-order valence-corrected chi connectivity index (χ3v) is 7.49. The van der Waals surface area contributed by atoms with Crippen LogP contribution >= 0.6 is 0 Å². The Morgan fingerprint density at radius 3 is 2.29 bits per heavy atom. The molecule has 2 fully saturated rings. The minimum atomic E-state index is -0.632. The zero-order chi connectivity index (χ0) is 28.5. The van der Waals surface area contributed by atoms with Gasteiger partial charge in [-0.25, -0.2) is 14.8 Å². The van der Waals surface area contributed by atoms with Crippen molar-refractivity contribution < 1.29 is 23.6 Å². The van der Waals surface area contributed by atoms with Crippen LogP contribution in [0, 0.1) is 11.8 Å². The standard InChI is InChI=1S/C27H46BN5O5/c1-18(2)21(31-24(35)36-25(3,4)5)22(34)33-13-11-12-19(17-33)16-32(10)23-29-14-20(15-30-23)28-37-26(6,7)27(8,9)38-28/h14-15,18-19,21H,11-13,16-17H2,1-10H3,(H,31,35)/t19-,21+/m1/s1. The van der Waals surface area contributed by atoms with Crippen molar-refractivity contribution in [1.29, 1.82) is 0 Å². The van der Waals surface area contributed by atoms with E-state index >= 15 is 0 Å². The van der Waals surface area contributed by atoms with E-state index in [4.69, 9.17) is 14.0 Å². The molecule has 2 aliphatic rings. The number of hydrogen-bond acceptors (Lipinski definition) is 8. The predicted molar refractivity (Wildman–Crippen MR) is 148 cm³/mol. The van der Waals surface area contributed by atoms with Crippen LogP contribution in [-0.2, 0) is 18.8 Å². The van der Waals surface area contributed by atoms with Crippen molar-refractivity contribution in [3.63, 3.8) is 0 Å². The van der Waals surface area contributed by atoms with E-state index in [0.717, 1.165) is 18.3 Å². The quantitative estimate of drug-likeness (QED) is 0.536. The molecule has 2 atom stereocenters. The van der Waals surface area contributed by atoms with E-state index in [0.29, 0.717) is 25.6 Å². The molecule has 1 N–H and O–H groups in total. The number of carbonyl (C=O) groups excluding carboxylic acids is 2. The molecule has 11 heteroatoms. The average molecular weight is 532 g/mol. The fourth-order valence-electron chi connectivity index (χ4n) is 4.66. The molecular formula is C27H46BN5O5. The number of nitrogens with one attached hydrogen (secondary N) is 1. The van der Waals surface area contributed by atoms with Gasteiger partial charge < -0.3 is 29.2 Å². The number of hydrogen-bond donors (Lipinski definition) is 1. The molecule has 0 unspecified atom stereocenters. The summed E-state index contributed by atoms with van der Waals surface area (Å²) in [6.45, 7) is 19.4. The highest BCUT2D eigenvalue weighted by molar-refractivity contribution is 6.61. The highest BCUT2D eigenvalue weighted by atomic mass is 16.7. The van der Waals surface area contributed by atoms with E-state index in [1.165, 1.54) is 0 Å². The van der Waals surface area contributed by atoms with Crippen molar-refractivity contribution in [1.82, 2.24) is 20.2 Å². The van der Waals surface area contributed by atoms with Crippen LogP contribution in [0.3, 0.4) is 0 Å². The molecule has 0 aliphatic carbocycles. The Labute approximate surface area is 228 Å². The lowest BCUT2D eigenvalue weighted by Gasteiger charge is -2.37. The van der Waals surface area contributed by atoms with Gasteiger partial charge in [0.25, 0.3) is 0 Å². The van der Waals surface area contributed by atoms with E-state index in [1.54, 1.807) is 33.2 Å². The van der Waals surface area contributed by atoms with E-state index in [2.05, 4.69) is 15.3 Å². The van der Waals surface area contributed by atoms with E-state index < -0.39 is 36.1 Å². The fourth-order valence-corrected chi connectivity index (χ4v) is 4.66. The maximum absolute atomic E-state index is 13.4. The van der Waals surface area contributed by atoms with Crippen LogP contribution in [0.5, 0.6) is 0 Å². The van der Waals surface area contributed by atoms with Gasteiger partial charge in [0.1, 0.15) is 11.6 Å². The Morgan fingerprint density at radius 1 is 1.18 bits per heavy atom. The normalized spacial score (nSPS) is 21.8. The van der Waals surface area contributed by atoms with Gasteiger partial charge in [-0.05, 0) is 73.1 Å². The summed E-state index contributed by atoms with van der Waals surface area (Å²) in [5.74, 6) is 0.744. The van der Waals surface area contributed by atoms with Gasteiger partial charge >= 0.3 is 13.2 Å². The molecule has 0 aromatic carbocycles. The molecule has 10 nitrogen and oxygen atoms in total. The number of carbonyl (C=O) groups is 2. The number of amides is 2. The summed E-state index contributed by atoms with van der Waals surface area (Å²) in [6, 6.07) is -0.632. The van der Waals surface area contributed by atoms with Crippen molar-refractivity contribution in [2.75, 3.05) is 31.6 Å². The zero-order valence-corrected chi connectivity index (χ0v) is 24.8. The van der Waals surface area contributed by atoms with Gasteiger partial charge in [0.15, 0.2) is 0 Å². The Hall–Kier alpha value is -2.40. The molecule has 2 amide bonds. The van der Waals surface area contributed by atoms with Crippen LogP contribution in [0.15, 0.2) is 12.4 Å². The number of anilines is 1. The van der Waals surface area contributed by atoms with Gasteiger partial charge in [0.2, 0.25) is 11.9 Å². The molecule has 0 saturated carbocycles. The minimum Gasteiger partial charge on any atom is -0.444 e. The van der Waals surface area contributed by atoms with E-state index in [1.807, 2.05) is 58.4 Å². The lowest BCUT2D eigenvalue weighted by Crippen LogP contribution is -2.54. The van der Waals surface area contributed by atoms with Gasteiger partial charge in [-0.15, -0.1) is 0 Å². The molecule has 2 aliphatic heterocycles.